The molecule has 0 aliphatic carbocycles. The van der Waals surface area contributed by atoms with Gasteiger partial charge in [-0.1, -0.05) is 82.7 Å². The SMILES string of the molecule is CCCCCCCCCCCCC(N)CC(O)(Cl)CCO. The zero-order chi connectivity index (χ0) is 16.0. The van der Waals surface area contributed by atoms with Gasteiger partial charge in [-0.3, -0.25) is 0 Å². The van der Waals surface area contributed by atoms with Crippen molar-refractivity contribution < 1.29 is 10.2 Å². The van der Waals surface area contributed by atoms with Gasteiger partial charge >= 0.3 is 0 Å². The average molecular weight is 322 g/mol. The van der Waals surface area contributed by atoms with Crippen molar-refractivity contribution in [1.82, 2.24) is 0 Å². The number of aliphatic hydroxyl groups excluding tert-OH is 1. The normalized spacial score (nSPS) is 15.9. The quantitative estimate of drug-likeness (QED) is 0.311. The van der Waals surface area contributed by atoms with E-state index in [4.69, 9.17) is 22.4 Å². The molecular formula is C17H36ClNO2. The summed E-state index contributed by atoms with van der Waals surface area (Å²) in [6.07, 6.45) is 14.5. The summed E-state index contributed by atoms with van der Waals surface area (Å²) < 4.78 is 0. The molecule has 4 N–H and O–H groups in total. The summed E-state index contributed by atoms with van der Waals surface area (Å²) in [7, 11) is 0. The Bertz CT molecular complexity index is 225. The molecule has 2 unspecified atom stereocenters. The standard InChI is InChI=1S/C17H36ClNO2/c1-2-3-4-5-6-7-8-9-10-11-12-16(19)15-17(18,21)13-14-20/h16,20-21H,2-15,19H2,1H3. The van der Waals surface area contributed by atoms with Crippen LogP contribution in [0.5, 0.6) is 0 Å². The van der Waals surface area contributed by atoms with Crippen molar-refractivity contribution in [3.8, 4) is 0 Å². The monoisotopic (exact) mass is 321 g/mol. The maximum atomic E-state index is 9.77. The first-order valence-corrected chi connectivity index (χ1v) is 9.17. The van der Waals surface area contributed by atoms with Gasteiger partial charge in [0.25, 0.3) is 0 Å². The highest BCUT2D eigenvalue weighted by Gasteiger charge is 2.25. The van der Waals surface area contributed by atoms with Crippen molar-refractivity contribution >= 4 is 11.6 Å². The number of aliphatic hydroxyl groups is 2. The van der Waals surface area contributed by atoms with Crippen LogP contribution in [0.2, 0.25) is 0 Å². The largest absolute Gasteiger partial charge is 0.396 e. The molecule has 0 aliphatic rings. The highest BCUT2D eigenvalue weighted by molar-refractivity contribution is 6.22. The van der Waals surface area contributed by atoms with E-state index in [-0.39, 0.29) is 19.1 Å². The lowest BCUT2D eigenvalue weighted by atomic mass is 10.00. The molecule has 0 aromatic heterocycles. The molecule has 3 nitrogen and oxygen atoms in total. The van der Waals surface area contributed by atoms with Gasteiger partial charge in [-0.2, -0.15) is 0 Å². The zero-order valence-corrected chi connectivity index (χ0v) is 14.6. The van der Waals surface area contributed by atoms with Crippen molar-refractivity contribution in [2.75, 3.05) is 6.61 Å². The van der Waals surface area contributed by atoms with E-state index < -0.39 is 5.06 Å². The van der Waals surface area contributed by atoms with Crippen LogP contribution in [0.4, 0.5) is 0 Å². The molecule has 128 valence electrons. The fraction of sp³-hybridized carbons (Fsp3) is 1.00. The summed E-state index contributed by atoms with van der Waals surface area (Å²) in [6, 6.07) is -0.0758. The van der Waals surface area contributed by atoms with Gasteiger partial charge in [0, 0.05) is 25.5 Å². The second-order valence-corrected chi connectivity index (χ2v) is 7.03. The molecule has 0 aromatic rings. The van der Waals surface area contributed by atoms with Crippen molar-refractivity contribution in [2.45, 2.75) is 101 Å². The van der Waals surface area contributed by atoms with Crippen LogP contribution in [0.1, 0.15) is 90.4 Å². The lowest BCUT2D eigenvalue weighted by molar-refractivity contribution is 0.0780. The molecule has 21 heavy (non-hydrogen) atoms. The van der Waals surface area contributed by atoms with E-state index in [2.05, 4.69) is 6.92 Å². The van der Waals surface area contributed by atoms with Crippen molar-refractivity contribution in [1.29, 1.82) is 0 Å². The first-order valence-electron chi connectivity index (χ1n) is 8.79. The third-order valence-corrected chi connectivity index (χ3v) is 4.34. The minimum Gasteiger partial charge on any atom is -0.396 e. The second kappa shape index (κ2) is 13.8. The Morgan fingerprint density at radius 3 is 1.90 bits per heavy atom. The van der Waals surface area contributed by atoms with Crippen LogP contribution in [0.25, 0.3) is 0 Å². The second-order valence-electron chi connectivity index (χ2n) is 6.33. The van der Waals surface area contributed by atoms with E-state index in [0.717, 1.165) is 12.8 Å². The molecule has 0 aliphatic heterocycles. The van der Waals surface area contributed by atoms with Crippen LogP contribution in [-0.2, 0) is 0 Å². The number of halogens is 1. The number of hydrogen-bond donors (Lipinski definition) is 3. The Kier molecular flexibility index (Phi) is 13.9. The Morgan fingerprint density at radius 1 is 0.952 bits per heavy atom. The summed E-state index contributed by atoms with van der Waals surface area (Å²) in [5.74, 6) is 0. The first-order chi connectivity index (χ1) is 10.0. The zero-order valence-electron chi connectivity index (χ0n) is 13.8. The molecule has 0 radical (unpaired) electrons. The molecule has 0 saturated heterocycles. The van der Waals surface area contributed by atoms with E-state index in [1.807, 2.05) is 0 Å². The van der Waals surface area contributed by atoms with Gasteiger partial charge in [0.15, 0.2) is 0 Å². The molecule has 0 aromatic carbocycles. The molecular weight excluding hydrogens is 286 g/mol. The molecule has 2 atom stereocenters. The van der Waals surface area contributed by atoms with Gasteiger partial charge < -0.3 is 15.9 Å². The molecule has 0 spiro atoms. The summed E-state index contributed by atoms with van der Waals surface area (Å²) in [5, 5.41) is 17.2. The summed E-state index contributed by atoms with van der Waals surface area (Å²) in [5.41, 5.74) is 5.97. The van der Waals surface area contributed by atoms with Gasteiger partial charge in [-0.15, -0.1) is 0 Å². The van der Waals surface area contributed by atoms with E-state index in [1.54, 1.807) is 0 Å². The van der Waals surface area contributed by atoms with Crippen LogP contribution < -0.4 is 5.73 Å². The lowest BCUT2D eigenvalue weighted by Crippen LogP contribution is -2.33. The molecule has 0 bridgehead atoms. The third kappa shape index (κ3) is 14.9. The number of alkyl halides is 1. The number of hydrogen-bond acceptors (Lipinski definition) is 3. The summed E-state index contributed by atoms with van der Waals surface area (Å²) in [4.78, 5) is 0. The maximum Gasteiger partial charge on any atom is 0.142 e. The van der Waals surface area contributed by atoms with Gasteiger partial charge in [0.1, 0.15) is 5.06 Å². The Hall–Kier alpha value is 0.170. The average Bonchev–Trinajstić information content (AvgIpc) is 2.40. The topological polar surface area (TPSA) is 66.5 Å². The minimum atomic E-state index is -1.34. The Morgan fingerprint density at radius 2 is 1.43 bits per heavy atom. The molecule has 4 heteroatoms. The fourth-order valence-corrected chi connectivity index (χ4v) is 2.95. The highest BCUT2D eigenvalue weighted by Crippen LogP contribution is 2.23. The van der Waals surface area contributed by atoms with Crippen LogP contribution in [0.15, 0.2) is 0 Å². The molecule has 0 saturated carbocycles. The molecule has 0 fully saturated rings. The van der Waals surface area contributed by atoms with E-state index in [9.17, 15) is 5.11 Å². The van der Waals surface area contributed by atoms with Gasteiger partial charge in [0.05, 0.1) is 0 Å². The van der Waals surface area contributed by atoms with E-state index >= 15 is 0 Å². The van der Waals surface area contributed by atoms with Crippen LogP contribution in [0.3, 0.4) is 0 Å². The number of unbranched alkanes of at least 4 members (excludes halogenated alkanes) is 9. The number of rotatable bonds is 15. The molecule has 0 rings (SSSR count). The predicted octanol–water partition coefficient (Wildman–Crippen LogP) is 4.32. The summed E-state index contributed by atoms with van der Waals surface area (Å²) in [6.45, 7) is 2.14. The number of nitrogens with two attached hydrogens (primary N) is 1. The molecule has 0 heterocycles. The van der Waals surface area contributed by atoms with Gasteiger partial charge in [-0.25, -0.2) is 0 Å². The lowest BCUT2D eigenvalue weighted by Gasteiger charge is -2.23. The third-order valence-electron chi connectivity index (χ3n) is 4.00. The smallest absolute Gasteiger partial charge is 0.142 e. The Labute approximate surface area is 136 Å². The van der Waals surface area contributed by atoms with E-state index in [0.29, 0.717) is 6.42 Å². The van der Waals surface area contributed by atoms with Crippen molar-refractivity contribution in [2.24, 2.45) is 5.73 Å². The van der Waals surface area contributed by atoms with Gasteiger partial charge in [0.2, 0.25) is 0 Å². The summed E-state index contributed by atoms with van der Waals surface area (Å²) >= 11 is 5.88. The van der Waals surface area contributed by atoms with Crippen molar-refractivity contribution in [3.05, 3.63) is 0 Å². The van der Waals surface area contributed by atoms with Crippen LogP contribution in [0, 0.1) is 0 Å². The van der Waals surface area contributed by atoms with E-state index in [1.165, 1.54) is 57.8 Å². The van der Waals surface area contributed by atoms with Gasteiger partial charge in [-0.05, 0) is 6.42 Å². The Balaban J connectivity index is 3.34. The first kappa shape index (κ1) is 21.2. The van der Waals surface area contributed by atoms with Crippen LogP contribution in [-0.4, -0.2) is 27.9 Å². The van der Waals surface area contributed by atoms with Crippen molar-refractivity contribution in [3.63, 3.8) is 0 Å². The molecule has 0 amide bonds. The minimum absolute atomic E-state index is 0.0758. The maximum absolute atomic E-state index is 9.77. The predicted molar refractivity (Wildman–Crippen MR) is 91.6 cm³/mol. The van der Waals surface area contributed by atoms with Crippen LogP contribution >= 0.6 is 11.6 Å². The highest BCUT2D eigenvalue weighted by atomic mass is 35.5. The fourth-order valence-electron chi connectivity index (χ4n) is 2.67.